The van der Waals surface area contributed by atoms with E-state index in [9.17, 15) is 9.59 Å². The van der Waals surface area contributed by atoms with Crippen molar-refractivity contribution < 1.29 is 9.59 Å². The molecule has 1 saturated carbocycles. The topological polar surface area (TPSA) is 74.3 Å². The molecule has 0 aromatic carbocycles. The van der Waals surface area contributed by atoms with Gasteiger partial charge in [0, 0.05) is 30.6 Å². The molecular weight excluding hydrogens is 268 g/mol. The lowest BCUT2D eigenvalue weighted by molar-refractivity contribution is -0.143. The number of carbonyl (C=O) groups excluding carboxylic acids is 2. The maximum Gasteiger partial charge on any atom is 0.318 e. The van der Waals surface area contributed by atoms with Gasteiger partial charge in [-0.1, -0.05) is 6.58 Å². The summed E-state index contributed by atoms with van der Waals surface area (Å²) in [7, 11) is 0. The summed E-state index contributed by atoms with van der Waals surface area (Å²) in [5, 5.41) is 5.76. The van der Waals surface area contributed by atoms with Gasteiger partial charge in [0.25, 0.3) is 0 Å². The molecular formula is C15H16N4O2. The number of piperidine rings is 2. The van der Waals surface area contributed by atoms with E-state index in [-0.39, 0.29) is 18.0 Å². The van der Waals surface area contributed by atoms with Gasteiger partial charge in [-0.25, -0.2) is 4.79 Å². The first-order valence-electron chi connectivity index (χ1n) is 7.08. The number of hydrogen-bond acceptors (Lipinski definition) is 3. The summed E-state index contributed by atoms with van der Waals surface area (Å²) in [5.41, 5.74) is 1.11. The van der Waals surface area contributed by atoms with E-state index < -0.39 is 5.54 Å². The molecule has 1 atom stereocenters. The Balaban J connectivity index is 1.59. The largest absolute Gasteiger partial charge is 0.329 e. The van der Waals surface area contributed by atoms with Crippen molar-refractivity contribution in [3.8, 4) is 0 Å². The molecule has 3 aliphatic heterocycles. The molecule has 4 aliphatic rings. The van der Waals surface area contributed by atoms with Crippen molar-refractivity contribution in [2.45, 2.75) is 24.4 Å². The number of pyridine rings is 1. The zero-order valence-corrected chi connectivity index (χ0v) is 11.5. The van der Waals surface area contributed by atoms with Crippen LogP contribution in [0.25, 0.3) is 0 Å². The molecule has 2 bridgehead atoms. The highest BCUT2D eigenvalue weighted by atomic mass is 16.2. The van der Waals surface area contributed by atoms with Gasteiger partial charge in [-0.2, -0.15) is 0 Å². The first-order chi connectivity index (χ1) is 10.1. The standard InChI is InChI=1S/C15H16N4O2/c1-9-11-6-15(7-11,13(20)17-9)19-8-12(18-14(19)21)10-2-4-16-5-3-10/h2-5,11-12H,1,6-8H2,(H,17,20)(H,18,21). The van der Waals surface area contributed by atoms with Gasteiger partial charge in [0.05, 0.1) is 6.04 Å². The van der Waals surface area contributed by atoms with Crippen molar-refractivity contribution in [2.24, 2.45) is 5.92 Å². The Morgan fingerprint density at radius 2 is 2.00 bits per heavy atom. The summed E-state index contributed by atoms with van der Waals surface area (Å²) in [4.78, 5) is 30.3. The van der Waals surface area contributed by atoms with Crippen LogP contribution in [0.15, 0.2) is 36.8 Å². The maximum absolute atomic E-state index is 12.3. The Kier molecular flexibility index (Phi) is 2.40. The van der Waals surface area contributed by atoms with Crippen LogP contribution in [0.5, 0.6) is 0 Å². The van der Waals surface area contributed by atoms with Gasteiger partial charge >= 0.3 is 6.03 Å². The van der Waals surface area contributed by atoms with E-state index in [2.05, 4.69) is 22.2 Å². The highest BCUT2D eigenvalue weighted by Crippen LogP contribution is 2.50. The number of amides is 3. The number of hydrogen-bond donors (Lipinski definition) is 2. The van der Waals surface area contributed by atoms with Crippen LogP contribution < -0.4 is 10.6 Å². The number of fused-ring (bicyclic) bond motifs is 2. The van der Waals surface area contributed by atoms with Crippen molar-refractivity contribution in [1.82, 2.24) is 20.5 Å². The molecule has 2 N–H and O–H groups in total. The monoisotopic (exact) mass is 284 g/mol. The first kappa shape index (κ1) is 12.4. The highest BCUT2D eigenvalue weighted by molar-refractivity contribution is 5.95. The molecule has 0 spiro atoms. The van der Waals surface area contributed by atoms with E-state index in [1.807, 2.05) is 12.1 Å². The second-order valence-electron chi connectivity index (χ2n) is 6.01. The normalized spacial score (nSPS) is 34.3. The van der Waals surface area contributed by atoms with Crippen LogP contribution in [-0.4, -0.2) is 33.9 Å². The summed E-state index contributed by atoms with van der Waals surface area (Å²) in [6.45, 7) is 4.37. The number of aromatic nitrogens is 1. The first-order valence-corrected chi connectivity index (χ1v) is 7.08. The molecule has 1 aromatic heterocycles. The maximum atomic E-state index is 12.3. The zero-order valence-electron chi connectivity index (χ0n) is 11.5. The van der Waals surface area contributed by atoms with E-state index >= 15 is 0 Å². The van der Waals surface area contributed by atoms with Crippen LogP contribution in [0, 0.1) is 5.92 Å². The second-order valence-corrected chi connectivity index (χ2v) is 6.01. The predicted molar refractivity (Wildman–Crippen MR) is 75.0 cm³/mol. The fourth-order valence-electron chi connectivity index (χ4n) is 3.59. The summed E-state index contributed by atoms with van der Waals surface area (Å²) in [6, 6.07) is 3.52. The van der Waals surface area contributed by atoms with Crippen LogP contribution in [-0.2, 0) is 4.79 Å². The molecule has 6 heteroatoms. The molecule has 108 valence electrons. The Morgan fingerprint density at radius 1 is 1.29 bits per heavy atom. The van der Waals surface area contributed by atoms with Gasteiger partial charge in [0.1, 0.15) is 5.54 Å². The molecule has 4 fully saturated rings. The fourth-order valence-corrected chi connectivity index (χ4v) is 3.59. The quantitative estimate of drug-likeness (QED) is 0.849. The Bertz CT molecular complexity index is 636. The Morgan fingerprint density at radius 3 is 2.67 bits per heavy atom. The molecule has 5 rings (SSSR count). The number of rotatable bonds is 2. The second kappa shape index (κ2) is 4.07. The summed E-state index contributed by atoms with van der Waals surface area (Å²) < 4.78 is 0. The molecule has 4 heterocycles. The van der Waals surface area contributed by atoms with Gasteiger partial charge in [-0.15, -0.1) is 0 Å². The van der Waals surface area contributed by atoms with Crippen LogP contribution >= 0.6 is 0 Å². The van der Waals surface area contributed by atoms with Gasteiger partial charge in [-0.3, -0.25) is 9.78 Å². The molecule has 3 amide bonds. The third-order valence-corrected chi connectivity index (χ3v) is 4.89. The average Bonchev–Trinajstić information content (AvgIpc) is 2.81. The highest BCUT2D eigenvalue weighted by Gasteiger charge is 2.61. The summed E-state index contributed by atoms with van der Waals surface area (Å²) >= 11 is 0. The van der Waals surface area contributed by atoms with Gasteiger partial charge in [0.2, 0.25) is 5.91 Å². The minimum Gasteiger partial charge on any atom is -0.329 e. The van der Waals surface area contributed by atoms with Crippen molar-refractivity contribution in [3.05, 3.63) is 42.4 Å². The minimum absolute atomic E-state index is 0.0909. The van der Waals surface area contributed by atoms with Crippen LogP contribution in [0.2, 0.25) is 0 Å². The predicted octanol–water partition coefficient (Wildman–Crippen LogP) is 0.940. The summed E-state index contributed by atoms with van der Waals surface area (Å²) in [6.07, 6.45) is 4.79. The Labute approximate surface area is 122 Å². The van der Waals surface area contributed by atoms with Crippen molar-refractivity contribution in [2.75, 3.05) is 6.54 Å². The number of nitrogens with zero attached hydrogens (tertiary/aromatic N) is 2. The van der Waals surface area contributed by atoms with Gasteiger partial charge < -0.3 is 15.5 Å². The smallest absolute Gasteiger partial charge is 0.318 e. The molecule has 1 unspecified atom stereocenters. The fraction of sp³-hybridized carbons (Fsp3) is 0.400. The molecule has 1 aliphatic carbocycles. The van der Waals surface area contributed by atoms with Crippen LogP contribution in [0.4, 0.5) is 4.79 Å². The van der Waals surface area contributed by atoms with Crippen molar-refractivity contribution in [1.29, 1.82) is 0 Å². The lowest BCUT2D eigenvalue weighted by Crippen LogP contribution is -2.70. The van der Waals surface area contributed by atoms with Crippen molar-refractivity contribution in [3.63, 3.8) is 0 Å². The zero-order chi connectivity index (χ0) is 14.6. The van der Waals surface area contributed by atoms with E-state index in [1.54, 1.807) is 17.3 Å². The third-order valence-electron chi connectivity index (χ3n) is 4.89. The molecule has 6 nitrogen and oxygen atoms in total. The van der Waals surface area contributed by atoms with E-state index in [0.717, 1.165) is 11.3 Å². The van der Waals surface area contributed by atoms with Crippen molar-refractivity contribution >= 4 is 11.9 Å². The van der Waals surface area contributed by atoms with Gasteiger partial charge in [-0.05, 0) is 30.5 Å². The van der Waals surface area contributed by atoms with Crippen LogP contribution in [0.3, 0.4) is 0 Å². The summed E-state index contributed by atoms with van der Waals surface area (Å²) in [5.74, 6) is 0.205. The number of carbonyl (C=O) groups is 2. The lowest BCUT2D eigenvalue weighted by atomic mass is 9.62. The van der Waals surface area contributed by atoms with Crippen LogP contribution in [0.1, 0.15) is 24.4 Å². The molecule has 3 saturated heterocycles. The third kappa shape index (κ3) is 1.62. The molecule has 0 radical (unpaired) electrons. The molecule has 1 aromatic rings. The number of urea groups is 1. The minimum atomic E-state index is -0.683. The average molecular weight is 284 g/mol. The lowest BCUT2D eigenvalue weighted by Gasteiger charge is -2.55. The SMILES string of the molecule is C=C1NC(=O)C2(N3CC(c4ccncc4)NC3=O)CC1C2. The number of nitrogens with one attached hydrogen (secondary N) is 2. The number of allylic oxidation sites excluding steroid dienone is 1. The van der Waals surface area contributed by atoms with E-state index in [0.29, 0.717) is 25.3 Å². The van der Waals surface area contributed by atoms with E-state index in [1.165, 1.54) is 0 Å². The van der Waals surface area contributed by atoms with Gasteiger partial charge in [0.15, 0.2) is 0 Å². The molecule has 21 heavy (non-hydrogen) atoms. The van der Waals surface area contributed by atoms with E-state index in [4.69, 9.17) is 0 Å². The Hall–Kier alpha value is -2.37.